The van der Waals surface area contributed by atoms with Crippen molar-refractivity contribution in [3.63, 3.8) is 0 Å². The second-order valence-electron chi connectivity index (χ2n) is 6.42. The van der Waals surface area contributed by atoms with E-state index in [0.29, 0.717) is 13.2 Å². The summed E-state index contributed by atoms with van der Waals surface area (Å²) in [7, 11) is 1.66. The quantitative estimate of drug-likeness (QED) is 0.819. The fourth-order valence-electron chi connectivity index (χ4n) is 3.19. The highest BCUT2D eigenvalue weighted by Gasteiger charge is 2.26. The van der Waals surface area contributed by atoms with E-state index in [9.17, 15) is 4.79 Å². The minimum Gasteiger partial charge on any atom is -0.468 e. The lowest BCUT2D eigenvalue weighted by atomic mass is 9.97. The van der Waals surface area contributed by atoms with Gasteiger partial charge < -0.3 is 14.5 Å². The Balaban J connectivity index is 1.50. The van der Waals surface area contributed by atoms with Gasteiger partial charge in [0.05, 0.1) is 37.6 Å². The van der Waals surface area contributed by atoms with Gasteiger partial charge in [-0.2, -0.15) is 0 Å². The molecule has 1 fully saturated rings. The molecule has 1 aliphatic heterocycles. The predicted molar refractivity (Wildman–Crippen MR) is 96.1 cm³/mol. The molecule has 1 N–H and O–H groups in total. The zero-order valence-electron chi connectivity index (χ0n) is 14.8. The van der Waals surface area contributed by atoms with Crippen molar-refractivity contribution in [2.75, 3.05) is 20.2 Å². The van der Waals surface area contributed by atoms with Gasteiger partial charge in [0, 0.05) is 18.5 Å². The molecule has 3 heterocycles. The molecule has 1 amide bonds. The van der Waals surface area contributed by atoms with Gasteiger partial charge in [-0.25, -0.2) is 4.98 Å². The molecule has 1 unspecified atom stereocenters. The number of carbonyl (C=O) groups is 1. The summed E-state index contributed by atoms with van der Waals surface area (Å²) in [6, 6.07) is 3.88. The predicted octanol–water partition coefficient (Wildman–Crippen LogP) is 2.72. The van der Waals surface area contributed by atoms with Crippen LogP contribution >= 0.6 is 11.3 Å². The highest BCUT2D eigenvalue weighted by atomic mass is 32.1. The van der Waals surface area contributed by atoms with Crippen LogP contribution in [-0.2, 0) is 29.2 Å². The Morgan fingerprint density at radius 1 is 1.56 bits per heavy atom. The number of hydrogen-bond donors (Lipinski definition) is 1. The molecule has 1 saturated heterocycles. The number of likely N-dealkylation sites (tertiary alicyclic amines) is 1. The first-order chi connectivity index (χ1) is 12.2. The van der Waals surface area contributed by atoms with Crippen molar-refractivity contribution in [2.24, 2.45) is 5.92 Å². The van der Waals surface area contributed by atoms with Gasteiger partial charge in [-0.05, 0) is 38.4 Å². The molecule has 7 heteroatoms. The van der Waals surface area contributed by atoms with E-state index in [2.05, 4.69) is 15.2 Å². The lowest BCUT2D eigenvalue weighted by Gasteiger charge is -2.31. The van der Waals surface area contributed by atoms with Crippen LogP contribution in [0.5, 0.6) is 0 Å². The van der Waals surface area contributed by atoms with E-state index in [4.69, 9.17) is 9.15 Å². The van der Waals surface area contributed by atoms with Crippen LogP contribution in [-0.4, -0.2) is 36.0 Å². The lowest BCUT2D eigenvalue weighted by molar-refractivity contribution is -0.127. The summed E-state index contributed by atoms with van der Waals surface area (Å²) in [6.45, 7) is 5.60. The van der Waals surface area contributed by atoms with Crippen LogP contribution in [0.4, 0.5) is 0 Å². The van der Waals surface area contributed by atoms with Crippen LogP contribution in [0.1, 0.15) is 34.2 Å². The molecular weight excluding hydrogens is 338 g/mol. The fourth-order valence-corrected chi connectivity index (χ4v) is 4.17. The topological polar surface area (TPSA) is 67.6 Å². The molecular formula is C18H25N3O3S. The second kappa shape index (κ2) is 8.60. The summed E-state index contributed by atoms with van der Waals surface area (Å²) >= 11 is 1.60. The number of amides is 1. The van der Waals surface area contributed by atoms with Gasteiger partial charge in [0.1, 0.15) is 10.8 Å². The van der Waals surface area contributed by atoms with Crippen LogP contribution < -0.4 is 5.32 Å². The van der Waals surface area contributed by atoms with Crippen LogP contribution in [0.25, 0.3) is 0 Å². The Labute approximate surface area is 152 Å². The van der Waals surface area contributed by atoms with Gasteiger partial charge in [-0.1, -0.05) is 0 Å². The maximum absolute atomic E-state index is 12.6. The molecule has 2 aromatic heterocycles. The molecule has 0 spiro atoms. The third-order valence-corrected chi connectivity index (χ3v) is 5.59. The number of aryl methyl sites for hydroxylation is 1. The molecule has 2 aromatic rings. The minimum atomic E-state index is 0.0374. The fraction of sp³-hybridized carbons (Fsp3) is 0.556. The number of hydrogen-bond acceptors (Lipinski definition) is 6. The van der Waals surface area contributed by atoms with Crippen molar-refractivity contribution >= 4 is 17.2 Å². The maximum Gasteiger partial charge on any atom is 0.224 e. The van der Waals surface area contributed by atoms with Crippen molar-refractivity contribution in [2.45, 2.75) is 39.5 Å². The summed E-state index contributed by atoms with van der Waals surface area (Å²) in [5, 5.41) is 4.04. The SMILES string of the molecule is COCc1nc(C)c(CNC(=O)C2CCCN(Cc3ccco3)C2)s1. The average molecular weight is 363 g/mol. The Bertz CT molecular complexity index is 684. The van der Waals surface area contributed by atoms with E-state index in [-0.39, 0.29) is 11.8 Å². The van der Waals surface area contributed by atoms with Gasteiger partial charge in [0.25, 0.3) is 0 Å². The monoisotopic (exact) mass is 363 g/mol. The number of aromatic nitrogens is 1. The normalized spacial score (nSPS) is 18.4. The molecule has 1 aliphatic rings. The smallest absolute Gasteiger partial charge is 0.224 e. The lowest BCUT2D eigenvalue weighted by Crippen LogP contribution is -2.42. The molecule has 136 valence electrons. The first-order valence-corrected chi connectivity index (χ1v) is 9.44. The number of furan rings is 1. The van der Waals surface area contributed by atoms with E-state index < -0.39 is 0 Å². The molecule has 3 rings (SSSR count). The van der Waals surface area contributed by atoms with E-state index in [1.807, 2.05) is 19.1 Å². The van der Waals surface area contributed by atoms with Crippen molar-refractivity contribution < 1.29 is 13.9 Å². The van der Waals surface area contributed by atoms with Gasteiger partial charge in [0.15, 0.2) is 0 Å². The van der Waals surface area contributed by atoms with Gasteiger partial charge >= 0.3 is 0 Å². The first-order valence-electron chi connectivity index (χ1n) is 8.62. The number of rotatable bonds is 7. The zero-order valence-corrected chi connectivity index (χ0v) is 15.6. The molecule has 0 radical (unpaired) electrons. The summed E-state index contributed by atoms with van der Waals surface area (Å²) in [5.74, 6) is 1.12. The number of carbonyl (C=O) groups excluding carboxylic acids is 1. The minimum absolute atomic E-state index is 0.0374. The highest BCUT2D eigenvalue weighted by Crippen LogP contribution is 2.21. The molecule has 1 atom stereocenters. The molecule has 0 saturated carbocycles. The second-order valence-corrected chi connectivity index (χ2v) is 7.59. The third kappa shape index (κ3) is 4.90. The van der Waals surface area contributed by atoms with Crippen molar-refractivity contribution in [1.29, 1.82) is 0 Å². The van der Waals surface area contributed by atoms with Crippen molar-refractivity contribution in [3.8, 4) is 0 Å². The third-order valence-electron chi connectivity index (χ3n) is 4.46. The van der Waals surface area contributed by atoms with Gasteiger partial charge in [-0.3, -0.25) is 9.69 Å². The Morgan fingerprint density at radius 2 is 2.44 bits per heavy atom. The van der Waals surface area contributed by atoms with E-state index in [1.54, 1.807) is 24.7 Å². The van der Waals surface area contributed by atoms with Gasteiger partial charge in [0.2, 0.25) is 5.91 Å². The summed E-state index contributed by atoms with van der Waals surface area (Å²) in [6.07, 6.45) is 3.67. The Hall–Kier alpha value is -1.70. The number of nitrogens with zero attached hydrogens (tertiary/aromatic N) is 2. The summed E-state index contributed by atoms with van der Waals surface area (Å²) in [4.78, 5) is 20.4. The molecule has 0 aromatic carbocycles. The first kappa shape index (κ1) is 18.1. The number of thiazole rings is 1. The van der Waals surface area contributed by atoms with E-state index in [1.165, 1.54) is 0 Å². The largest absolute Gasteiger partial charge is 0.468 e. The van der Waals surface area contributed by atoms with Gasteiger partial charge in [-0.15, -0.1) is 11.3 Å². The zero-order chi connectivity index (χ0) is 17.6. The Kier molecular flexibility index (Phi) is 6.23. The number of methoxy groups -OCH3 is 1. The van der Waals surface area contributed by atoms with Crippen molar-refractivity contribution in [3.05, 3.63) is 39.7 Å². The number of nitrogens with one attached hydrogen (secondary N) is 1. The molecule has 0 aliphatic carbocycles. The standard InChI is InChI=1S/C18H25N3O3S/c1-13-16(25-17(20-13)12-23-2)9-19-18(22)14-5-3-7-21(10-14)11-15-6-4-8-24-15/h4,6,8,14H,3,5,7,9-12H2,1-2H3,(H,19,22). The average Bonchev–Trinajstić information content (AvgIpc) is 3.23. The maximum atomic E-state index is 12.6. The number of piperidine rings is 1. The summed E-state index contributed by atoms with van der Waals surface area (Å²) < 4.78 is 10.5. The summed E-state index contributed by atoms with van der Waals surface area (Å²) in [5.41, 5.74) is 0.973. The van der Waals surface area contributed by atoms with E-state index in [0.717, 1.165) is 53.8 Å². The van der Waals surface area contributed by atoms with E-state index >= 15 is 0 Å². The molecule has 25 heavy (non-hydrogen) atoms. The molecule has 0 bridgehead atoms. The highest BCUT2D eigenvalue weighted by molar-refractivity contribution is 7.11. The van der Waals surface area contributed by atoms with Crippen LogP contribution in [0.2, 0.25) is 0 Å². The van der Waals surface area contributed by atoms with Crippen molar-refractivity contribution in [1.82, 2.24) is 15.2 Å². The van der Waals surface area contributed by atoms with Crippen LogP contribution in [0, 0.1) is 12.8 Å². The van der Waals surface area contributed by atoms with Crippen LogP contribution in [0.15, 0.2) is 22.8 Å². The Morgan fingerprint density at radius 3 is 3.20 bits per heavy atom. The number of ether oxygens (including phenoxy) is 1. The van der Waals surface area contributed by atoms with Crippen LogP contribution in [0.3, 0.4) is 0 Å². The molecule has 6 nitrogen and oxygen atoms in total.